The van der Waals surface area contributed by atoms with Gasteiger partial charge in [0.15, 0.2) is 0 Å². The number of likely N-dealkylation sites (tertiary alicyclic amines) is 1. The maximum Gasteiger partial charge on any atom is 0.416 e. The van der Waals surface area contributed by atoms with Crippen molar-refractivity contribution < 1.29 is 22.7 Å². The third kappa shape index (κ3) is 6.37. The molecule has 0 bridgehead atoms. The number of methoxy groups -OCH3 is 1. The monoisotopic (exact) mass is 488 g/mol. The average Bonchev–Trinajstić information content (AvgIpc) is 3.25. The van der Waals surface area contributed by atoms with E-state index in [1.165, 1.54) is 24.8 Å². The van der Waals surface area contributed by atoms with Crippen LogP contribution in [0.2, 0.25) is 0 Å². The Morgan fingerprint density at radius 2 is 1.77 bits per heavy atom. The third-order valence-electron chi connectivity index (χ3n) is 7.58. The lowest BCUT2D eigenvalue weighted by atomic mass is 9.87. The van der Waals surface area contributed by atoms with Crippen LogP contribution in [0.15, 0.2) is 48.5 Å². The second-order valence-electron chi connectivity index (χ2n) is 10.00. The van der Waals surface area contributed by atoms with Gasteiger partial charge in [0.25, 0.3) is 0 Å². The summed E-state index contributed by atoms with van der Waals surface area (Å²) < 4.78 is 44.3. The zero-order chi connectivity index (χ0) is 25.0. The van der Waals surface area contributed by atoms with Crippen LogP contribution in [0.5, 0.6) is 5.75 Å². The van der Waals surface area contributed by atoms with Crippen LogP contribution in [0.3, 0.4) is 0 Å². The van der Waals surface area contributed by atoms with Crippen molar-refractivity contribution >= 4 is 5.91 Å². The zero-order valence-electron chi connectivity index (χ0n) is 20.6. The minimum absolute atomic E-state index is 0.127. The molecule has 1 aliphatic carbocycles. The molecule has 2 aliphatic rings. The van der Waals surface area contributed by atoms with Crippen LogP contribution in [-0.2, 0) is 17.5 Å². The Balaban J connectivity index is 1.54. The van der Waals surface area contributed by atoms with Gasteiger partial charge in [-0.15, -0.1) is 0 Å². The maximum atomic E-state index is 13.0. The standard InChI is InChI=1S/C28H35F3N2O2/c1-20(34)33(25-8-4-3-5-9-25)18-23-17-32(16-21-11-13-24(14-12-21)28(29,30)31)19-27(23)22-7-6-10-26(15-22)35-2/h6-7,10-15,23,25,27H,3-5,8-9,16-19H2,1-2H3. The smallest absolute Gasteiger partial charge is 0.416 e. The van der Waals surface area contributed by atoms with Gasteiger partial charge in [0.2, 0.25) is 5.91 Å². The highest BCUT2D eigenvalue weighted by atomic mass is 19.4. The normalized spacial score (nSPS) is 21.7. The first-order valence-electron chi connectivity index (χ1n) is 12.5. The van der Waals surface area contributed by atoms with Gasteiger partial charge < -0.3 is 9.64 Å². The van der Waals surface area contributed by atoms with Crippen LogP contribution in [0.25, 0.3) is 0 Å². The summed E-state index contributed by atoms with van der Waals surface area (Å²) in [6.07, 6.45) is 1.36. The van der Waals surface area contributed by atoms with Gasteiger partial charge in [-0.2, -0.15) is 13.2 Å². The number of amides is 1. The molecule has 2 unspecified atom stereocenters. The van der Waals surface area contributed by atoms with E-state index in [4.69, 9.17) is 4.74 Å². The lowest BCUT2D eigenvalue weighted by Gasteiger charge is -2.36. The van der Waals surface area contributed by atoms with Gasteiger partial charge in [0.1, 0.15) is 5.75 Å². The molecule has 2 fully saturated rings. The van der Waals surface area contributed by atoms with Gasteiger partial charge in [-0.25, -0.2) is 0 Å². The van der Waals surface area contributed by atoms with Crippen LogP contribution in [0, 0.1) is 5.92 Å². The van der Waals surface area contributed by atoms with Crippen LogP contribution in [0.1, 0.15) is 61.6 Å². The molecule has 0 radical (unpaired) electrons. The second kappa shape index (κ2) is 11.0. The number of benzene rings is 2. The summed E-state index contributed by atoms with van der Waals surface area (Å²) in [4.78, 5) is 17.0. The van der Waals surface area contributed by atoms with Crippen molar-refractivity contribution in [2.24, 2.45) is 5.92 Å². The number of alkyl halides is 3. The van der Waals surface area contributed by atoms with E-state index in [1.54, 1.807) is 26.2 Å². The molecule has 1 heterocycles. The highest BCUT2D eigenvalue weighted by Crippen LogP contribution is 2.37. The largest absolute Gasteiger partial charge is 0.497 e. The highest BCUT2D eigenvalue weighted by molar-refractivity contribution is 5.73. The number of hydrogen-bond acceptors (Lipinski definition) is 3. The van der Waals surface area contributed by atoms with Crippen LogP contribution < -0.4 is 4.74 Å². The van der Waals surface area contributed by atoms with Crippen LogP contribution in [0.4, 0.5) is 13.2 Å². The Morgan fingerprint density at radius 3 is 2.40 bits per heavy atom. The Morgan fingerprint density at radius 1 is 1.06 bits per heavy atom. The fourth-order valence-corrected chi connectivity index (χ4v) is 5.76. The quantitative estimate of drug-likeness (QED) is 0.471. The molecule has 0 N–H and O–H groups in total. The summed E-state index contributed by atoms with van der Waals surface area (Å²) in [5.41, 5.74) is 1.41. The van der Waals surface area contributed by atoms with E-state index in [9.17, 15) is 18.0 Å². The van der Waals surface area contributed by atoms with Gasteiger partial charge in [-0.3, -0.25) is 9.69 Å². The maximum absolute atomic E-state index is 13.0. The number of hydrogen-bond donors (Lipinski definition) is 0. The first-order chi connectivity index (χ1) is 16.7. The van der Waals surface area contributed by atoms with E-state index in [2.05, 4.69) is 21.9 Å². The van der Waals surface area contributed by atoms with E-state index < -0.39 is 11.7 Å². The van der Waals surface area contributed by atoms with Crippen molar-refractivity contribution in [3.05, 3.63) is 65.2 Å². The fourth-order valence-electron chi connectivity index (χ4n) is 5.76. The SMILES string of the molecule is COc1cccc(C2CN(Cc3ccc(C(F)(F)F)cc3)CC2CN(C(C)=O)C2CCCCC2)c1. The van der Waals surface area contributed by atoms with Crippen molar-refractivity contribution in [3.8, 4) is 5.75 Å². The van der Waals surface area contributed by atoms with E-state index in [1.807, 2.05) is 12.1 Å². The molecule has 190 valence electrons. The van der Waals surface area contributed by atoms with E-state index in [0.717, 1.165) is 49.4 Å². The summed E-state index contributed by atoms with van der Waals surface area (Å²) in [7, 11) is 1.66. The van der Waals surface area contributed by atoms with Gasteiger partial charge >= 0.3 is 6.18 Å². The van der Waals surface area contributed by atoms with Crippen molar-refractivity contribution in [2.45, 2.75) is 63.7 Å². The fraction of sp³-hybridized carbons (Fsp3) is 0.536. The number of nitrogens with zero attached hydrogens (tertiary/aromatic N) is 2. The van der Waals surface area contributed by atoms with Gasteiger partial charge in [0.05, 0.1) is 12.7 Å². The molecule has 4 rings (SSSR count). The molecular formula is C28H35F3N2O2. The zero-order valence-corrected chi connectivity index (χ0v) is 20.6. The van der Waals surface area contributed by atoms with E-state index in [-0.39, 0.29) is 17.7 Å². The van der Waals surface area contributed by atoms with Gasteiger partial charge in [0, 0.05) is 45.1 Å². The van der Waals surface area contributed by atoms with E-state index in [0.29, 0.717) is 19.1 Å². The number of ether oxygens (including phenoxy) is 1. The molecule has 2 atom stereocenters. The molecule has 0 spiro atoms. The molecule has 1 aliphatic heterocycles. The predicted octanol–water partition coefficient (Wildman–Crippen LogP) is 6.11. The van der Waals surface area contributed by atoms with Gasteiger partial charge in [-0.05, 0) is 54.2 Å². The molecule has 2 aromatic rings. The summed E-state index contributed by atoms with van der Waals surface area (Å²) >= 11 is 0. The minimum Gasteiger partial charge on any atom is -0.497 e. The highest BCUT2D eigenvalue weighted by Gasteiger charge is 2.37. The Hall–Kier alpha value is -2.54. The number of rotatable bonds is 7. The Labute approximate surface area is 206 Å². The number of halogens is 3. The second-order valence-corrected chi connectivity index (χ2v) is 10.00. The third-order valence-corrected chi connectivity index (χ3v) is 7.58. The lowest BCUT2D eigenvalue weighted by Crippen LogP contribution is -2.44. The number of carbonyl (C=O) groups excluding carboxylic acids is 1. The van der Waals surface area contributed by atoms with Crippen molar-refractivity contribution in [1.29, 1.82) is 0 Å². The summed E-state index contributed by atoms with van der Waals surface area (Å²) in [5.74, 6) is 1.38. The molecule has 1 saturated carbocycles. The molecule has 0 aromatic heterocycles. The van der Waals surface area contributed by atoms with Crippen molar-refractivity contribution in [1.82, 2.24) is 9.80 Å². The predicted molar refractivity (Wildman–Crippen MR) is 130 cm³/mol. The van der Waals surface area contributed by atoms with Crippen molar-refractivity contribution in [3.63, 3.8) is 0 Å². The molecule has 2 aromatic carbocycles. The molecule has 1 saturated heterocycles. The molecule has 35 heavy (non-hydrogen) atoms. The van der Waals surface area contributed by atoms with Crippen LogP contribution >= 0.6 is 0 Å². The van der Waals surface area contributed by atoms with Crippen molar-refractivity contribution in [2.75, 3.05) is 26.7 Å². The number of carbonyl (C=O) groups is 1. The first kappa shape index (κ1) is 25.5. The van der Waals surface area contributed by atoms with Gasteiger partial charge in [-0.1, -0.05) is 43.5 Å². The molecule has 7 heteroatoms. The Kier molecular flexibility index (Phi) is 8.05. The molecule has 1 amide bonds. The summed E-state index contributed by atoms with van der Waals surface area (Å²) in [6, 6.07) is 13.9. The first-order valence-corrected chi connectivity index (χ1v) is 12.5. The average molecular weight is 489 g/mol. The van der Waals surface area contributed by atoms with E-state index >= 15 is 0 Å². The Bertz CT molecular complexity index is 986. The summed E-state index contributed by atoms with van der Waals surface area (Å²) in [5, 5.41) is 0. The van der Waals surface area contributed by atoms with Crippen LogP contribution in [-0.4, -0.2) is 48.5 Å². The summed E-state index contributed by atoms with van der Waals surface area (Å²) in [6.45, 7) is 4.53. The molecular weight excluding hydrogens is 453 g/mol. The topological polar surface area (TPSA) is 32.8 Å². The molecule has 4 nitrogen and oxygen atoms in total. The minimum atomic E-state index is -4.33. The lowest BCUT2D eigenvalue weighted by molar-refractivity contribution is -0.137.